The first-order valence-electron chi connectivity index (χ1n) is 7.88. The summed E-state index contributed by atoms with van der Waals surface area (Å²) in [5, 5.41) is 3.81. The number of amides is 1. The maximum Gasteiger partial charge on any atom is 0.262 e. The lowest BCUT2D eigenvalue weighted by atomic mass is 10.1. The highest BCUT2D eigenvalue weighted by atomic mass is 32.2. The second-order valence-electron chi connectivity index (χ2n) is 6.03. The molecule has 0 bridgehead atoms. The Kier molecular flexibility index (Phi) is 3.55. The van der Waals surface area contributed by atoms with Gasteiger partial charge in [0.05, 0.1) is 4.90 Å². The molecule has 4 rings (SSSR count). The summed E-state index contributed by atoms with van der Waals surface area (Å²) in [6.45, 7) is 1.45. The van der Waals surface area contributed by atoms with Gasteiger partial charge in [-0.05, 0) is 49.4 Å². The standard InChI is InChI=1S/C19H14N2O4S/c1-11(22)12-5-7-13(8-6-12)21-26(24,25)17-10-9-16-18-14(17)3-2-4-15(18)19(23)20-16/h2-10,21H,1H3,(H,20,23). The van der Waals surface area contributed by atoms with E-state index in [4.69, 9.17) is 0 Å². The fourth-order valence-electron chi connectivity index (χ4n) is 3.08. The fourth-order valence-corrected chi connectivity index (χ4v) is 4.34. The minimum Gasteiger partial charge on any atom is -0.321 e. The van der Waals surface area contributed by atoms with Gasteiger partial charge in [-0.3, -0.25) is 14.3 Å². The number of rotatable bonds is 4. The molecule has 0 saturated heterocycles. The van der Waals surface area contributed by atoms with E-state index >= 15 is 0 Å². The van der Waals surface area contributed by atoms with Crippen LogP contribution in [0.25, 0.3) is 10.8 Å². The normalized spacial score (nSPS) is 12.9. The number of carbonyl (C=O) groups is 2. The van der Waals surface area contributed by atoms with Gasteiger partial charge in [0.15, 0.2) is 5.78 Å². The average Bonchev–Trinajstić information content (AvgIpc) is 2.93. The molecule has 130 valence electrons. The number of benzene rings is 3. The SMILES string of the molecule is CC(=O)c1ccc(NS(=O)(=O)c2ccc3c4c(cccc24)C(=O)N3)cc1. The molecular weight excluding hydrogens is 352 g/mol. The Labute approximate surface area is 149 Å². The summed E-state index contributed by atoms with van der Waals surface area (Å²) >= 11 is 0. The third-order valence-corrected chi connectivity index (χ3v) is 5.77. The van der Waals surface area contributed by atoms with Crippen molar-refractivity contribution in [1.82, 2.24) is 0 Å². The maximum atomic E-state index is 12.9. The monoisotopic (exact) mass is 366 g/mol. The van der Waals surface area contributed by atoms with Crippen LogP contribution in [0.5, 0.6) is 0 Å². The van der Waals surface area contributed by atoms with Gasteiger partial charge in [0.25, 0.3) is 15.9 Å². The first-order chi connectivity index (χ1) is 12.4. The van der Waals surface area contributed by atoms with Crippen molar-refractivity contribution in [3.63, 3.8) is 0 Å². The number of hydrogen-bond donors (Lipinski definition) is 2. The minimum atomic E-state index is -3.87. The highest BCUT2D eigenvalue weighted by Gasteiger charge is 2.26. The summed E-state index contributed by atoms with van der Waals surface area (Å²) in [6, 6.07) is 14.3. The zero-order valence-corrected chi connectivity index (χ0v) is 14.6. The highest BCUT2D eigenvalue weighted by molar-refractivity contribution is 7.93. The van der Waals surface area contributed by atoms with Gasteiger partial charge in [-0.2, -0.15) is 0 Å². The predicted molar refractivity (Wildman–Crippen MR) is 99.2 cm³/mol. The van der Waals surface area contributed by atoms with Crippen LogP contribution in [0.2, 0.25) is 0 Å². The molecule has 0 spiro atoms. The van der Waals surface area contributed by atoms with Crippen LogP contribution in [0.1, 0.15) is 27.6 Å². The predicted octanol–water partition coefficient (Wildman–Crippen LogP) is 3.41. The second-order valence-corrected chi connectivity index (χ2v) is 7.68. The van der Waals surface area contributed by atoms with Crippen molar-refractivity contribution in [2.24, 2.45) is 0 Å². The molecule has 7 heteroatoms. The number of anilines is 2. The number of carbonyl (C=O) groups excluding carboxylic acids is 2. The molecular formula is C19H14N2O4S. The van der Waals surface area contributed by atoms with E-state index < -0.39 is 10.0 Å². The molecule has 1 aliphatic heterocycles. The summed E-state index contributed by atoms with van der Waals surface area (Å²) in [7, 11) is -3.87. The Morgan fingerprint density at radius 3 is 2.42 bits per heavy atom. The lowest BCUT2D eigenvalue weighted by molar-refractivity contribution is 0.101. The van der Waals surface area contributed by atoms with Crippen LogP contribution in [-0.4, -0.2) is 20.1 Å². The molecule has 26 heavy (non-hydrogen) atoms. The van der Waals surface area contributed by atoms with E-state index in [0.717, 1.165) is 0 Å². The van der Waals surface area contributed by atoms with E-state index in [9.17, 15) is 18.0 Å². The molecule has 0 aliphatic carbocycles. The number of nitrogens with one attached hydrogen (secondary N) is 2. The molecule has 3 aromatic carbocycles. The smallest absolute Gasteiger partial charge is 0.262 e. The van der Waals surface area contributed by atoms with E-state index in [-0.39, 0.29) is 16.6 Å². The first-order valence-corrected chi connectivity index (χ1v) is 9.36. The van der Waals surface area contributed by atoms with E-state index in [2.05, 4.69) is 10.0 Å². The fraction of sp³-hybridized carbons (Fsp3) is 0.0526. The maximum absolute atomic E-state index is 12.9. The van der Waals surface area contributed by atoms with Crippen LogP contribution in [0.15, 0.2) is 59.5 Å². The van der Waals surface area contributed by atoms with Crippen LogP contribution < -0.4 is 10.0 Å². The zero-order chi connectivity index (χ0) is 18.5. The Bertz CT molecular complexity index is 1180. The topological polar surface area (TPSA) is 92.3 Å². The van der Waals surface area contributed by atoms with E-state index in [1.807, 2.05) is 0 Å². The molecule has 0 atom stereocenters. The van der Waals surface area contributed by atoms with Crippen molar-refractivity contribution in [1.29, 1.82) is 0 Å². The van der Waals surface area contributed by atoms with Crippen molar-refractivity contribution >= 4 is 43.9 Å². The molecule has 0 aromatic heterocycles. The number of Topliss-reactive ketones (excluding diaryl/α,β-unsaturated/α-hetero) is 1. The Morgan fingerprint density at radius 1 is 1.00 bits per heavy atom. The molecule has 2 N–H and O–H groups in total. The number of hydrogen-bond acceptors (Lipinski definition) is 4. The average molecular weight is 366 g/mol. The molecule has 0 unspecified atom stereocenters. The van der Waals surface area contributed by atoms with Crippen molar-refractivity contribution < 1.29 is 18.0 Å². The third-order valence-electron chi connectivity index (χ3n) is 4.33. The Balaban J connectivity index is 1.79. The first kappa shape index (κ1) is 16.3. The Hall–Kier alpha value is -3.19. The van der Waals surface area contributed by atoms with Crippen LogP contribution in [-0.2, 0) is 10.0 Å². The van der Waals surface area contributed by atoms with Crippen molar-refractivity contribution in [3.05, 3.63) is 65.7 Å². The van der Waals surface area contributed by atoms with Gasteiger partial charge in [-0.15, -0.1) is 0 Å². The molecule has 1 aliphatic rings. The third kappa shape index (κ3) is 2.53. The van der Waals surface area contributed by atoms with E-state index in [1.54, 1.807) is 48.5 Å². The van der Waals surface area contributed by atoms with Gasteiger partial charge < -0.3 is 5.32 Å². The summed E-state index contributed by atoms with van der Waals surface area (Å²) in [5.41, 5.74) is 1.92. The molecule has 0 radical (unpaired) electrons. The van der Waals surface area contributed by atoms with Gasteiger partial charge in [0.2, 0.25) is 0 Å². The summed E-state index contributed by atoms with van der Waals surface area (Å²) in [5.74, 6) is -0.336. The number of sulfonamides is 1. The van der Waals surface area contributed by atoms with Crippen molar-refractivity contribution in [2.45, 2.75) is 11.8 Å². The van der Waals surface area contributed by atoms with Gasteiger partial charge in [-0.25, -0.2) is 8.42 Å². The van der Waals surface area contributed by atoms with Gasteiger partial charge in [-0.1, -0.05) is 12.1 Å². The lowest BCUT2D eigenvalue weighted by Gasteiger charge is -2.11. The Morgan fingerprint density at radius 2 is 1.73 bits per heavy atom. The zero-order valence-electron chi connectivity index (χ0n) is 13.7. The van der Waals surface area contributed by atoms with Crippen LogP contribution in [0.4, 0.5) is 11.4 Å². The summed E-state index contributed by atoms with van der Waals surface area (Å²) in [6.07, 6.45) is 0. The molecule has 0 fully saturated rings. The second kappa shape index (κ2) is 5.67. The summed E-state index contributed by atoms with van der Waals surface area (Å²) in [4.78, 5) is 23.4. The van der Waals surface area contributed by atoms with Gasteiger partial charge in [0.1, 0.15) is 0 Å². The molecule has 0 saturated carbocycles. The summed E-state index contributed by atoms with van der Waals surface area (Å²) < 4.78 is 28.3. The largest absolute Gasteiger partial charge is 0.321 e. The van der Waals surface area contributed by atoms with Crippen LogP contribution in [0.3, 0.4) is 0 Å². The van der Waals surface area contributed by atoms with Gasteiger partial charge >= 0.3 is 0 Å². The lowest BCUT2D eigenvalue weighted by Crippen LogP contribution is -2.13. The van der Waals surface area contributed by atoms with E-state index in [1.165, 1.54) is 13.0 Å². The van der Waals surface area contributed by atoms with Gasteiger partial charge in [0, 0.05) is 33.3 Å². The van der Waals surface area contributed by atoms with Crippen molar-refractivity contribution in [3.8, 4) is 0 Å². The minimum absolute atomic E-state index is 0.0882. The van der Waals surface area contributed by atoms with Crippen molar-refractivity contribution in [2.75, 3.05) is 10.0 Å². The molecule has 6 nitrogen and oxygen atoms in total. The molecule has 1 heterocycles. The van der Waals surface area contributed by atoms with Crippen LogP contribution in [0, 0.1) is 0 Å². The molecule has 1 amide bonds. The highest BCUT2D eigenvalue weighted by Crippen LogP contribution is 2.36. The quantitative estimate of drug-likeness (QED) is 0.692. The number of ketones is 1. The van der Waals surface area contributed by atoms with E-state index in [0.29, 0.717) is 33.3 Å². The molecule has 3 aromatic rings. The van der Waals surface area contributed by atoms with Crippen LogP contribution >= 0.6 is 0 Å².